The number of hydrogen-bond donors (Lipinski definition) is 0. The highest BCUT2D eigenvalue weighted by atomic mass is 79.9. The topological polar surface area (TPSA) is 61.0 Å². The third-order valence-corrected chi connectivity index (χ3v) is 4.81. The minimum absolute atomic E-state index is 0.133. The molecule has 140 valence electrons. The van der Waals surface area contributed by atoms with Crippen LogP contribution in [0.3, 0.4) is 0 Å². The van der Waals surface area contributed by atoms with E-state index in [1.165, 1.54) is 13.2 Å². The average molecular weight is 459 g/mol. The highest BCUT2D eigenvalue weighted by molar-refractivity contribution is 9.10. The molecular weight excluding hydrogens is 446 g/mol. The number of aliphatic imine (C=N–C) groups is 1. The van der Waals surface area contributed by atoms with Gasteiger partial charge in [-0.25, -0.2) is 9.79 Å². The molecule has 0 saturated carbocycles. The number of carbonyl (C=O) groups excluding carboxylic acids is 1. The van der Waals surface area contributed by atoms with Gasteiger partial charge >= 0.3 is 5.97 Å². The predicted octanol–water partition coefficient (Wildman–Crippen LogP) is 5.72. The lowest BCUT2D eigenvalue weighted by Crippen LogP contribution is -2.07. The number of hydrogen-bond acceptors (Lipinski definition) is 5. The second-order valence-electron chi connectivity index (χ2n) is 5.89. The molecule has 0 fully saturated rings. The molecule has 0 N–H and O–H groups in total. The van der Waals surface area contributed by atoms with Gasteiger partial charge in [0.05, 0.1) is 12.7 Å². The number of esters is 1. The minimum atomic E-state index is -0.571. The van der Waals surface area contributed by atoms with Crippen LogP contribution in [0.5, 0.6) is 5.75 Å². The van der Waals surface area contributed by atoms with Crippen molar-refractivity contribution in [3.63, 3.8) is 0 Å². The maximum absolute atomic E-state index is 12.2. The van der Waals surface area contributed by atoms with Crippen molar-refractivity contribution in [3.05, 3.63) is 81.1 Å². The highest BCUT2D eigenvalue weighted by Crippen LogP contribution is 2.29. The standard InChI is InChI=1S/C21H13BrClNO4/c1-26-19-8-6-14(23)10-16(19)20-24-17(21(25)28-20)11-15-7-9-18(27-15)12-2-4-13(22)5-3-12/h2-11H,1H3/b17-11+. The summed E-state index contributed by atoms with van der Waals surface area (Å²) in [4.78, 5) is 16.5. The van der Waals surface area contributed by atoms with E-state index in [-0.39, 0.29) is 11.6 Å². The van der Waals surface area contributed by atoms with Gasteiger partial charge < -0.3 is 13.9 Å². The van der Waals surface area contributed by atoms with Crippen LogP contribution < -0.4 is 4.74 Å². The fourth-order valence-corrected chi connectivity index (χ4v) is 3.14. The molecule has 1 aromatic heterocycles. The maximum atomic E-state index is 12.2. The van der Waals surface area contributed by atoms with Gasteiger partial charge in [-0.3, -0.25) is 0 Å². The van der Waals surface area contributed by atoms with Crippen molar-refractivity contribution in [2.75, 3.05) is 7.11 Å². The number of ether oxygens (including phenoxy) is 2. The molecule has 28 heavy (non-hydrogen) atoms. The fourth-order valence-electron chi connectivity index (χ4n) is 2.71. The van der Waals surface area contributed by atoms with Crippen LogP contribution in [0.1, 0.15) is 11.3 Å². The summed E-state index contributed by atoms with van der Waals surface area (Å²) in [5.41, 5.74) is 1.56. The number of rotatable bonds is 4. The van der Waals surface area contributed by atoms with E-state index >= 15 is 0 Å². The first-order valence-electron chi connectivity index (χ1n) is 8.26. The van der Waals surface area contributed by atoms with E-state index < -0.39 is 5.97 Å². The van der Waals surface area contributed by atoms with Crippen molar-refractivity contribution >= 4 is 45.5 Å². The lowest BCUT2D eigenvalue weighted by Gasteiger charge is -2.07. The Bertz CT molecular complexity index is 1120. The SMILES string of the molecule is COc1ccc(Cl)cc1C1=N/C(=C/c2ccc(-c3ccc(Br)cc3)o2)C(=O)O1. The van der Waals surface area contributed by atoms with Crippen LogP contribution >= 0.6 is 27.5 Å². The molecule has 4 rings (SSSR count). The average Bonchev–Trinajstić information content (AvgIpc) is 3.30. The number of methoxy groups -OCH3 is 1. The largest absolute Gasteiger partial charge is 0.496 e. The molecule has 2 heterocycles. The number of furan rings is 1. The Hall–Kier alpha value is -2.83. The van der Waals surface area contributed by atoms with Gasteiger partial charge in [0.25, 0.3) is 0 Å². The normalized spacial score (nSPS) is 14.9. The Morgan fingerprint density at radius 1 is 1.11 bits per heavy atom. The highest BCUT2D eigenvalue weighted by Gasteiger charge is 2.27. The van der Waals surface area contributed by atoms with Gasteiger partial charge in [0.2, 0.25) is 5.90 Å². The third kappa shape index (κ3) is 3.74. The molecule has 0 saturated heterocycles. The summed E-state index contributed by atoms with van der Waals surface area (Å²) >= 11 is 9.45. The summed E-state index contributed by atoms with van der Waals surface area (Å²) in [7, 11) is 1.52. The van der Waals surface area contributed by atoms with Crippen LogP contribution in [0.2, 0.25) is 5.02 Å². The Morgan fingerprint density at radius 2 is 1.89 bits per heavy atom. The molecule has 2 aromatic carbocycles. The lowest BCUT2D eigenvalue weighted by molar-refractivity contribution is -0.129. The van der Waals surface area contributed by atoms with Crippen LogP contribution in [0.15, 0.2) is 74.2 Å². The number of benzene rings is 2. The molecule has 5 nitrogen and oxygen atoms in total. The molecular formula is C21H13BrClNO4. The van der Waals surface area contributed by atoms with Gasteiger partial charge in [0, 0.05) is 21.1 Å². The van der Waals surface area contributed by atoms with Crippen LogP contribution in [0.25, 0.3) is 17.4 Å². The zero-order valence-electron chi connectivity index (χ0n) is 14.6. The van der Waals surface area contributed by atoms with Crippen molar-refractivity contribution in [1.29, 1.82) is 0 Å². The predicted molar refractivity (Wildman–Crippen MR) is 110 cm³/mol. The van der Waals surface area contributed by atoms with Crippen LogP contribution in [-0.4, -0.2) is 19.0 Å². The molecule has 0 bridgehead atoms. The van der Waals surface area contributed by atoms with Crippen molar-refractivity contribution in [2.45, 2.75) is 0 Å². The summed E-state index contributed by atoms with van der Waals surface area (Å²) in [6, 6.07) is 16.3. The molecule has 3 aromatic rings. The molecule has 0 amide bonds. The summed E-state index contributed by atoms with van der Waals surface area (Å²) in [6.07, 6.45) is 1.54. The van der Waals surface area contributed by atoms with Crippen LogP contribution in [-0.2, 0) is 9.53 Å². The third-order valence-electron chi connectivity index (χ3n) is 4.05. The molecule has 0 spiro atoms. The molecule has 7 heteroatoms. The van der Waals surface area contributed by atoms with Crippen molar-refractivity contribution in [3.8, 4) is 17.1 Å². The first-order chi connectivity index (χ1) is 13.5. The van der Waals surface area contributed by atoms with Gasteiger partial charge in [-0.2, -0.15) is 0 Å². The molecule has 0 unspecified atom stereocenters. The Balaban J connectivity index is 1.65. The minimum Gasteiger partial charge on any atom is -0.496 e. The second-order valence-corrected chi connectivity index (χ2v) is 7.24. The van der Waals surface area contributed by atoms with Crippen LogP contribution in [0.4, 0.5) is 0 Å². The number of carbonyl (C=O) groups is 1. The zero-order chi connectivity index (χ0) is 19.7. The van der Waals surface area contributed by atoms with E-state index in [4.69, 9.17) is 25.5 Å². The zero-order valence-corrected chi connectivity index (χ0v) is 17.0. The Morgan fingerprint density at radius 3 is 2.64 bits per heavy atom. The van der Waals surface area contributed by atoms with E-state index in [9.17, 15) is 4.79 Å². The number of halogens is 2. The summed E-state index contributed by atoms with van der Waals surface area (Å²) in [5, 5.41) is 0.483. The quantitative estimate of drug-likeness (QED) is 0.371. The first kappa shape index (κ1) is 18.5. The van der Waals surface area contributed by atoms with Crippen molar-refractivity contribution < 1.29 is 18.7 Å². The van der Waals surface area contributed by atoms with Crippen LogP contribution in [0, 0.1) is 0 Å². The second kappa shape index (κ2) is 7.66. The van der Waals surface area contributed by atoms with E-state index in [0.717, 1.165) is 10.0 Å². The first-order valence-corrected chi connectivity index (χ1v) is 9.43. The summed E-state index contributed by atoms with van der Waals surface area (Å²) in [6.45, 7) is 0. The summed E-state index contributed by atoms with van der Waals surface area (Å²) < 4.78 is 17.4. The molecule has 0 aliphatic carbocycles. The van der Waals surface area contributed by atoms with Gasteiger partial charge in [0.15, 0.2) is 5.70 Å². The molecule has 0 atom stereocenters. The monoisotopic (exact) mass is 457 g/mol. The van der Waals surface area contributed by atoms with Gasteiger partial charge in [-0.1, -0.05) is 39.7 Å². The van der Waals surface area contributed by atoms with E-state index in [0.29, 0.717) is 27.9 Å². The fraction of sp³-hybridized carbons (Fsp3) is 0.0476. The van der Waals surface area contributed by atoms with Crippen molar-refractivity contribution in [2.24, 2.45) is 4.99 Å². The number of cyclic esters (lactones) is 1. The molecule has 1 aliphatic rings. The lowest BCUT2D eigenvalue weighted by atomic mass is 10.2. The van der Waals surface area contributed by atoms with Gasteiger partial charge in [0.1, 0.15) is 17.3 Å². The van der Waals surface area contributed by atoms with Crippen molar-refractivity contribution in [1.82, 2.24) is 0 Å². The van der Waals surface area contributed by atoms with E-state index in [2.05, 4.69) is 20.9 Å². The Labute approximate surface area is 174 Å². The number of nitrogens with zero attached hydrogens (tertiary/aromatic N) is 1. The summed E-state index contributed by atoms with van der Waals surface area (Å²) in [5.74, 6) is 1.25. The molecule has 1 aliphatic heterocycles. The molecule has 0 radical (unpaired) electrons. The van der Waals surface area contributed by atoms with E-state index in [1.807, 2.05) is 30.3 Å². The van der Waals surface area contributed by atoms with E-state index in [1.54, 1.807) is 24.3 Å². The van der Waals surface area contributed by atoms with Gasteiger partial charge in [-0.05, 0) is 42.5 Å². The maximum Gasteiger partial charge on any atom is 0.363 e. The van der Waals surface area contributed by atoms with Gasteiger partial charge in [-0.15, -0.1) is 0 Å². The Kier molecular flexibility index (Phi) is 5.07. The smallest absolute Gasteiger partial charge is 0.363 e.